The summed E-state index contributed by atoms with van der Waals surface area (Å²) in [5.41, 5.74) is -0.118. The van der Waals surface area contributed by atoms with Gasteiger partial charge in [-0.2, -0.15) is 4.98 Å². The molecule has 5 heterocycles. The largest absolute Gasteiger partial charge is 0.355 e. The Bertz CT molecular complexity index is 2090. The molecular weight excluding hydrogens is 583 g/mol. The van der Waals surface area contributed by atoms with Gasteiger partial charge >= 0.3 is 5.69 Å². The number of aromatic amines is 1. The lowest BCUT2D eigenvalue weighted by molar-refractivity contribution is -0.128. The molecule has 43 heavy (non-hydrogen) atoms. The Kier molecular flexibility index (Phi) is 6.91. The zero-order valence-corrected chi connectivity index (χ0v) is 24.5. The average Bonchev–Trinajstić information content (AvgIpc) is 3.02. The summed E-state index contributed by atoms with van der Waals surface area (Å²) < 4.78 is 45.8. The summed E-state index contributed by atoms with van der Waals surface area (Å²) in [7, 11) is 0. The van der Waals surface area contributed by atoms with Crippen LogP contribution in [0.15, 0.2) is 41.8 Å². The number of benzene rings is 1. The van der Waals surface area contributed by atoms with Crippen molar-refractivity contribution in [1.82, 2.24) is 29.2 Å². The number of piperazine rings is 1. The number of aromatic nitrogens is 5. The number of amides is 1. The molecule has 1 aliphatic heterocycles. The summed E-state index contributed by atoms with van der Waals surface area (Å²) >= 11 is 6.74. The van der Waals surface area contributed by atoms with Crippen molar-refractivity contribution in [2.75, 3.05) is 18.0 Å². The van der Waals surface area contributed by atoms with E-state index in [1.807, 2.05) is 32.6 Å². The molecule has 0 saturated carbocycles. The fraction of sp³-hybridized carbons (Fsp3) is 0.300. The number of hydrogen-bond acceptors (Lipinski definition) is 6. The smallest absolute Gasteiger partial charge is 0.351 e. The Morgan fingerprint density at radius 2 is 1.86 bits per heavy atom. The molecule has 9 nitrogen and oxygen atoms in total. The molecule has 1 amide bonds. The molecule has 6 rings (SSSR count). The first-order valence-corrected chi connectivity index (χ1v) is 14.1. The van der Waals surface area contributed by atoms with Crippen LogP contribution in [-0.2, 0) is 4.79 Å². The minimum absolute atomic E-state index is 0.00328. The van der Waals surface area contributed by atoms with Crippen molar-refractivity contribution in [3.63, 3.8) is 0 Å². The summed E-state index contributed by atoms with van der Waals surface area (Å²) in [6.45, 7) is 11.8. The lowest BCUT2D eigenvalue weighted by Gasteiger charge is -2.44. The normalized spacial score (nSPS) is 17.5. The van der Waals surface area contributed by atoms with Crippen LogP contribution < -0.4 is 10.6 Å². The van der Waals surface area contributed by atoms with Crippen LogP contribution in [-0.4, -0.2) is 60.3 Å². The van der Waals surface area contributed by atoms with Gasteiger partial charge in [-0.3, -0.25) is 9.78 Å². The van der Waals surface area contributed by atoms with E-state index in [1.165, 1.54) is 28.8 Å². The minimum Gasteiger partial charge on any atom is -0.351 e. The van der Waals surface area contributed by atoms with E-state index in [-0.39, 0.29) is 56.5 Å². The van der Waals surface area contributed by atoms with Crippen molar-refractivity contribution in [2.24, 2.45) is 0 Å². The zero-order valence-electron chi connectivity index (χ0n) is 23.8. The molecule has 1 aliphatic rings. The predicted molar refractivity (Wildman–Crippen MR) is 160 cm³/mol. The number of nitrogens with zero attached hydrogens (tertiary/aromatic N) is 6. The number of anilines is 1. The van der Waals surface area contributed by atoms with E-state index in [1.54, 1.807) is 4.90 Å². The van der Waals surface area contributed by atoms with E-state index in [4.69, 9.17) is 16.6 Å². The van der Waals surface area contributed by atoms with Gasteiger partial charge in [0, 0.05) is 36.8 Å². The topological polar surface area (TPSA) is 99.5 Å². The standard InChI is InChI=1S/C30H27ClF3N7O2/c1-6-21(42)39-11-15(5)40(12-14(39)4)28-17-9-18(31)25-16-10-19(32)22(33)23(34)26(16)36-20-7-8-35-24(13(2)3)27(20)41(29(17)37-25)30(43)38-28/h6-10,13-15,36H,1,11-12H2,2-5H3. The fourth-order valence-corrected chi connectivity index (χ4v) is 6.08. The highest BCUT2D eigenvalue weighted by Crippen LogP contribution is 2.35. The number of pyridine rings is 2. The van der Waals surface area contributed by atoms with Gasteiger partial charge in [-0.05, 0) is 44.0 Å². The molecule has 2 atom stereocenters. The molecule has 4 aromatic heterocycles. The highest BCUT2D eigenvalue weighted by molar-refractivity contribution is 6.36. The van der Waals surface area contributed by atoms with Crippen molar-refractivity contribution in [3.05, 3.63) is 75.7 Å². The first-order chi connectivity index (χ1) is 20.4. The second kappa shape index (κ2) is 10.4. The summed E-state index contributed by atoms with van der Waals surface area (Å²) in [5.74, 6) is -4.67. The molecule has 5 aromatic rings. The van der Waals surface area contributed by atoms with Crippen LogP contribution in [0.4, 0.5) is 19.0 Å². The maximum absolute atomic E-state index is 15.4. The molecule has 2 unspecified atom stereocenters. The summed E-state index contributed by atoms with van der Waals surface area (Å²) in [6, 6.07) is 3.37. The predicted octanol–water partition coefficient (Wildman–Crippen LogP) is 5.64. The average molecular weight is 610 g/mol. The number of carbonyl (C=O) groups is 1. The molecule has 0 spiro atoms. The van der Waals surface area contributed by atoms with Gasteiger partial charge in [-0.25, -0.2) is 27.4 Å². The maximum atomic E-state index is 15.4. The molecule has 13 heteroatoms. The van der Waals surface area contributed by atoms with Crippen LogP contribution in [0.1, 0.15) is 39.3 Å². The maximum Gasteiger partial charge on any atom is 0.355 e. The molecule has 1 fully saturated rings. The van der Waals surface area contributed by atoms with Crippen LogP contribution in [0, 0.1) is 17.5 Å². The summed E-state index contributed by atoms with van der Waals surface area (Å²) in [5, 5.41) is 0.269. The van der Waals surface area contributed by atoms with Gasteiger partial charge in [0.05, 0.1) is 38.2 Å². The second-order valence-corrected chi connectivity index (χ2v) is 11.5. The number of halogens is 4. The summed E-state index contributed by atoms with van der Waals surface area (Å²) in [6.07, 6.45) is 2.74. The van der Waals surface area contributed by atoms with Crippen LogP contribution in [0.5, 0.6) is 0 Å². The Morgan fingerprint density at radius 1 is 1.12 bits per heavy atom. The first-order valence-electron chi connectivity index (χ1n) is 13.7. The third-order valence-corrected chi connectivity index (χ3v) is 8.21. The lowest BCUT2D eigenvalue weighted by atomic mass is 10.1. The van der Waals surface area contributed by atoms with Gasteiger partial charge in [0.2, 0.25) is 5.91 Å². The molecule has 1 N–H and O–H groups in total. The monoisotopic (exact) mass is 609 g/mol. The van der Waals surface area contributed by atoms with E-state index >= 15 is 4.39 Å². The molecule has 0 radical (unpaired) electrons. The Hall–Kier alpha value is -4.45. The van der Waals surface area contributed by atoms with Crippen molar-refractivity contribution in [3.8, 4) is 0 Å². The van der Waals surface area contributed by atoms with E-state index in [2.05, 4.69) is 21.5 Å². The van der Waals surface area contributed by atoms with Gasteiger partial charge in [0.1, 0.15) is 5.82 Å². The Labute approximate surface area is 248 Å². The third kappa shape index (κ3) is 4.43. The van der Waals surface area contributed by atoms with Crippen molar-refractivity contribution >= 4 is 61.8 Å². The van der Waals surface area contributed by atoms with Crippen LogP contribution in [0.2, 0.25) is 5.02 Å². The van der Waals surface area contributed by atoms with E-state index in [0.29, 0.717) is 30.0 Å². The number of rotatable bonds is 3. The number of carbonyl (C=O) groups excluding carboxylic acids is 1. The Balaban J connectivity index is 1.81. The van der Waals surface area contributed by atoms with Gasteiger partial charge in [0.25, 0.3) is 0 Å². The number of nitrogens with one attached hydrogen (secondary N) is 1. The lowest BCUT2D eigenvalue weighted by Crippen LogP contribution is -2.58. The molecule has 1 saturated heterocycles. The van der Waals surface area contributed by atoms with Gasteiger partial charge in [-0.15, -0.1) is 0 Å². The highest BCUT2D eigenvalue weighted by Gasteiger charge is 2.33. The number of H-pyrrole nitrogens is 1. The van der Waals surface area contributed by atoms with E-state index in [0.717, 1.165) is 6.07 Å². The fourth-order valence-electron chi connectivity index (χ4n) is 5.83. The first kappa shape index (κ1) is 28.7. The molecule has 2 bridgehead atoms. The van der Waals surface area contributed by atoms with Crippen molar-refractivity contribution in [1.29, 1.82) is 0 Å². The van der Waals surface area contributed by atoms with Gasteiger partial charge in [-0.1, -0.05) is 32.0 Å². The SMILES string of the molecule is C=CC(=O)N1CC(C)N(c2nc(=O)n3c4nc(c(Cl)cc24)c2cc(F)c(F)c(F)c2[nH]c2ccnc(C(C)C)c23)CC1C. The molecule has 222 valence electrons. The minimum atomic E-state index is -1.67. The number of fused-ring (bicyclic) bond motifs is 5. The van der Waals surface area contributed by atoms with Crippen molar-refractivity contribution < 1.29 is 18.0 Å². The molecular formula is C30H27ClF3N7O2. The van der Waals surface area contributed by atoms with Crippen LogP contribution in [0.3, 0.4) is 0 Å². The van der Waals surface area contributed by atoms with E-state index in [9.17, 15) is 18.4 Å². The Morgan fingerprint density at radius 3 is 2.56 bits per heavy atom. The van der Waals surface area contributed by atoms with Crippen molar-refractivity contribution in [2.45, 2.75) is 45.7 Å². The van der Waals surface area contributed by atoms with Gasteiger partial charge < -0.3 is 14.8 Å². The number of hydrogen-bond donors (Lipinski definition) is 1. The third-order valence-electron chi connectivity index (χ3n) is 7.92. The second-order valence-electron chi connectivity index (χ2n) is 11.1. The quantitative estimate of drug-likeness (QED) is 0.210. The molecule has 1 aromatic carbocycles. The zero-order chi connectivity index (χ0) is 30.9. The van der Waals surface area contributed by atoms with Crippen LogP contribution >= 0.6 is 11.6 Å². The van der Waals surface area contributed by atoms with E-state index < -0.39 is 28.7 Å². The van der Waals surface area contributed by atoms with Gasteiger partial charge in [0.15, 0.2) is 23.1 Å². The summed E-state index contributed by atoms with van der Waals surface area (Å²) in [4.78, 5) is 46.7. The van der Waals surface area contributed by atoms with Crippen LogP contribution in [0.25, 0.3) is 38.5 Å². The molecule has 0 aliphatic carbocycles. The highest BCUT2D eigenvalue weighted by atomic mass is 35.5.